The second-order valence-electron chi connectivity index (χ2n) is 4.00. The number of phenols is 1. The van der Waals surface area contributed by atoms with Crippen molar-refractivity contribution in [2.24, 2.45) is 0 Å². The van der Waals surface area contributed by atoms with Gasteiger partial charge in [-0.2, -0.15) is 0 Å². The van der Waals surface area contributed by atoms with E-state index < -0.39 is 0 Å². The molecule has 0 aliphatic heterocycles. The van der Waals surface area contributed by atoms with Gasteiger partial charge in [-0.05, 0) is 49.7 Å². The highest BCUT2D eigenvalue weighted by Gasteiger charge is 2.08. The molecule has 2 rings (SSSR count). The van der Waals surface area contributed by atoms with Crippen LogP contribution in [-0.2, 0) is 0 Å². The molecule has 0 saturated carbocycles. The van der Waals surface area contributed by atoms with Crippen molar-refractivity contribution in [2.75, 3.05) is 0 Å². The van der Waals surface area contributed by atoms with Crippen LogP contribution >= 0.6 is 0 Å². The smallest absolute Gasteiger partial charge is 0.270 e. The molecule has 0 saturated heterocycles. The molecule has 1 heterocycles. The Labute approximate surface area is 100 Å². The number of phenolic OH excluding ortho intramolecular Hbond substituents is 1. The minimum atomic E-state index is 0.270. The summed E-state index contributed by atoms with van der Waals surface area (Å²) < 4.78 is 0. The van der Waals surface area contributed by atoms with Gasteiger partial charge in [0.1, 0.15) is 5.75 Å². The van der Waals surface area contributed by atoms with Crippen molar-refractivity contribution in [3.8, 4) is 17.0 Å². The summed E-state index contributed by atoms with van der Waals surface area (Å²) >= 11 is 0. The minimum absolute atomic E-state index is 0.270. The molecule has 1 aromatic carbocycles. The quantitative estimate of drug-likeness (QED) is 0.751. The number of nitrogens with zero attached hydrogens (tertiary/aromatic N) is 2. The van der Waals surface area contributed by atoms with Gasteiger partial charge in [-0.25, -0.2) is 0 Å². The van der Waals surface area contributed by atoms with Gasteiger partial charge in [-0.1, -0.05) is 12.1 Å². The van der Waals surface area contributed by atoms with Gasteiger partial charge in [0.2, 0.25) is 0 Å². The molecule has 0 aliphatic rings. The number of aromatic nitrogens is 1. The Hall–Kier alpha value is -2.34. The first kappa shape index (κ1) is 11.2. The van der Waals surface area contributed by atoms with E-state index in [-0.39, 0.29) is 5.75 Å². The van der Waals surface area contributed by atoms with Crippen LogP contribution in [0.25, 0.3) is 16.1 Å². The summed E-state index contributed by atoms with van der Waals surface area (Å²) in [4.78, 5) is 7.60. The third kappa shape index (κ3) is 2.26. The normalized spacial score (nSPS) is 9.94. The van der Waals surface area contributed by atoms with Crippen molar-refractivity contribution < 1.29 is 5.11 Å². The van der Waals surface area contributed by atoms with Crippen LogP contribution in [0, 0.1) is 20.4 Å². The first-order valence-corrected chi connectivity index (χ1v) is 5.26. The Morgan fingerprint density at radius 1 is 1.18 bits per heavy atom. The molecular weight excluding hydrogens is 212 g/mol. The largest absolute Gasteiger partial charge is 0.508 e. The van der Waals surface area contributed by atoms with E-state index >= 15 is 0 Å². The second kappa shape index (κ2) is 4.26. The van der Waals surface area contributed by atoms with Gasteiger partial charge in [0.25, 0.3) is 5.82 Å². The number of hydrogen-bond donors (Lipinski definition) is 1. The van der Waals surface area contributed by atoms with E-state index in [1.54, 1.807) is 18.2 Å². The summed E-state index contributed by atoms with van der Waals surface area (Å²) in [5.41, 5.74) is 3.48. The Bertz CT molecular complexity index is 612. The SMILES string of the molecule is [C-]#[N+]c1cc(C)cc(-c2ccc(O)c(C)c2)n1. The summed E-state index contributed by atoms with van der Waals surface area (Å²) in [5.74, 6) is 0.664. The molecular formula is C14H12N2O. The summed E-state index contributed by atoms with van der Waals surface area (Å²) in [6.07, 6.45) is 0. The first-order chi connectivity index (χ1) is 8.10. The molecule has 1 N–H and O–H groups in total. The lowest BCUT2D eigenvalue weighted by atomic mass is 10.1. The molecule has 0 spiro atoms. The van der Waals surface area contributed by atoms with Gasteiger partial charge in [-0.3, -0.25) is 0 Å². The molecule has 0 fully saturated rings. The van der Waals surface area contributed by atoms with Crippen LogP contribution in [0.2, 0.25) is 0 Å². The highest BCUT2D eigenvalue weighted by Crippen LogP contribution is 2.26. The number of hydrogen-bond acceptors (Lipinski definition) is 2. The fourth-order valence-electron chi connectivity index (χ4n) is 1.67. The van der Waals surface area contributed by atoms with Crippen molar-refractivity contribution in [3.63, 3.8) is 0 Å². The number of aromatic hydroxyl groups is 1. The Kier molecular flexibility index (Phi) is 2.80. The lowest BCUT2D eigenvalue weighted by Crippen LogP contribution is -1.86. The van der Waals surface area contributed by atoms with Crippen LogP contribution in [0.4, 0.5) is 5.82 Å². The van der Waals surface area contributed by atoms with Gasteiger partial charge in [0, 0.05) is 5.56 Å². The van der Waals surface area contributed by atoms with E-state index in [0.29, 0.717) is 5.82 Å². The molecule has 17 heavy (non-hydrogen) atoms. The fraction of sp³-hybridized carbons (Fsp3) is 0.143. The zero-order valence-electron chi connectivity index (χ0n) is 9.73. The molecule has 0 radical (unpaired) electrons. The van der Waals surface area contributed by atoms with Crippen LogP contribution in [0.15, 0.2) is 30.3 Å². The Morgan fingerprint density at radius 3 is 2.59 bits per heavy atom. The van der Waals surface area contributed by atoms with E-state index in [0.717, 1.165) is 22.4 Å². The average molecular weight is 224 g/mol. The topological polar surface area (TPSA) is 37.5 Å². The summed E-state index contributed by atoms with van der Waals surface area (Å²) in [5, 5.41) is 9.48. The lowest BCUT2D eigenvalue weighted by molar-refractivity contribution is 0.471. The van der Waals surface area contributed by atoms with Crippen molar-refractivity contribution in [2.45, 2.75) is 13.8 Å². The third-order valence-corrected chi connectivity index (χ3v) is 2.56. The van der Waals surface area contributed by atoms with E-state index in [2.05, 4.69) is 9.83 Å². The van der Waals surface area contributed by atoms with Crippen molar-refractivity contribution in [1.29, 1.82) is 0 Å². The Morgan fingerprint density at radius 2 is 1.94 bits per heavy atom. The summed E-state index contributed by atoms with van der Waals surface area (Å²) in [6.45, 7) is 10.8. The highest BCUT2D eigenvalue weighted by molar-refractivity contribution is 5.64. The molecule has 84 valence electrons. The zero-order valence-corrected chi connectivity index (χ0v) is 9.73. The van der Waals surface area contributed by atoms with Crippen molar-refractivity contribution >= 4 is 5.82 Å². The zero-order chi connectivity index (χ0) is 12.4. The van der Waals surface area contributed by atoms with Gasteiger partial charge < -0.3 is 9.95 Å². The van der Waals surface area contributed by atoms with Crippen molar-refractivity contribution in [1.82, 2.24) is 4.98 Å². The summed E-state index contributed by atoms with van der Waals surface area (Å²) in [7, 11) is 0. The molecule has 0 unspecified atom stereocenters. The fourth-order valence-corrected chi connectivity index (χ4v) is 1.67. The standard InChI is InChI=1S/C14H12N2O/c1-9-6-12(16-14(7-9)15-3)11-4-5-13(17)10(2)8-11/h4-8,17H,1-2H3. The van der Waals surface area contributed by atoms with Gasteiger partial charge in [0.15, 0.2) is 5.69 Å². The molecule has 0 atom stereocenters. The maximum atomic E-state index is 9.48. The van der Waals surface area contributed by atoms with Crippen LogP contribution < -0.4 is 0 Å². The predicted molar refractivity (Wildman–Crippen MR) is 67.1 cm³/mol. The molecule has 1 aromatic heterocycles. The lowest BCUT2D eigenvalue weighted by Gasteiger charge is -2.03. The second-order valence-corrected chi connectivity index (χ2v) is 4.00. The number of pyridine rings is 1. The van der Waals surface area contributed by atoms with E-state index in [1.165, 1.54) is 0 Å². The third-order valence-electron chi connectivity index (χ3n) is 2.56. The monoisotopic (exact) mass is 224 g/mol. The van der Waals surface area contributed by atoms with Crippen LogP contribution in [-0.4, -0.2) is 10.1 Å². The van der Waals surface area contributed by atoms with Crippen LogP contribution in [0.5, 0.6) is 5.75 Å². The highest BCUT2D eigenvalue weighted by atomic mass is 16.3. The van der Waals surface area contributed by atoms with Gasteiger partial charge in [-0.15, -0.1) is 4.98 Å². The van der Waals surface area contributed by atoms with Crippen LogP contribution in [0.1, 0.15) is 11.1 Å². The average Bonchev–Trinajstić information content (AvgIpc) is 2.32. The minimum Gasteiger partial charge on any atom is -0.508 e. The molecule has 3 heteroatoms. The summed E-state index contributed by atoms with van der Waals surface area (Å²) in [6, 6.07) is 9.00. The molecule has 2 aromatic rings. The van der Waals surface area contributed by atoms with E-state index in [1.807, 2.05) is 26.0 Å². The maximum absolute atomic E-state index is 9.48. The first-order valence-electron chi connectivity index (χ1n) is 5.26. The van der Waals surface area contributed by atoms with Crippen LogP contribution in [0.3, 0.4) is 0 Å². The molecule has 0 amide bonds. The maximum Gasteiger partial charge on any atom is 0.270 e. The Balaban J connectivity index is 2.56. The molecule has 0 bridgehead atoms. The van der Waals surface area contributed by atoms with Crippen molar-refractivity contribution in [3.05, 3.63) is 52.9 Å². The molecule has 0 aliphatic carbocycles. The number of benzene rings is 1. The molecule has 3 nitrogen and oxygen atoms in total. The number of rotatable bonds is 1. The van der Waals surface area contributed by atoms with E-state index in [4.69, 9.17) is 6.57 Å². The van der Waals surface area contributed by atoms with Gasteiger partial charge in [0.05, 0.1) is 0 Å². The predicted octanol–water partition coefficient (Wildman–Crippen LogP) is 3.62. The van der Waals surface area contributed by atoms with Gasteiger partial charge >= 0.3 is 0 Å². The number of aryl methyl sites for hydroxylation is 2. The van der Waals surface area contributed by atoms with E-state index in [9.17, 15) is 5.11 Å².